The van der Waals surface area contributed by atoms with Crippen LogP contribution in [-0.4, -0.2) is 32.5 Å². The molecular weight excluding hydrogens is 420 g/mol. The second kappa shape index (κ2) is 10.2. The van der Waals surface area contributed by atoms with Crippen LogP contribution in [0.3, 0.4) is 0 Å². The monoisotopic (exact) mass is 444 g/mol. The number of ether oxygens (including phenoxy) is 1. The Morgan fingerprint density at radius 2 is 1.62 bits per heavy atom. The number of anilines is 1. The summed E-state index contributed by atoms with van der Waals surface area (Å²) in [5.41, 5.74) is 2.63. The number of rotatable bonds is 8. The maximum atomic E-state index is 12.8. The van der Waals surface area contributed by atoms with Gasteiger partial charge in [0.05, 0.1) is 11.9 Å². The molecule has 6 nitrogen and oxygen atoms in total. The molecule has 1 aromatic heterocycles. The minimum Gasteiger partial charge on any atom is -0.494 e. The van der Waals surface area contributed by atoms with Crippen LogP contribution < -0.4 is 10.1 Å². The fourth-order valence-corrected chi connectivity index (χ4v) is 4.05. The zero-order chi connectivity index (χ0) is 22.3. The van der Waals surface area contributed by atoms with Crippen LogP contribution in [0.4, 0.5) is 5.69 Å². The van der Waals surface area contributed by atoms with Crippen molar-refractivity contribution in [3.8, 4) is 22.8 Å². The first-order valence-electron chi connectivity index (χ1n) is 10.4. The summed E-state index contributed by atoms with van der Waals surface area (Å²) in [6.07, 6.45) is 0. The van der Waals surface area contributed by atoms with Gasteiger partial charge in [-0.05, 0) is 50.2 Å². The Kier molecular flexibility index (Phi) is 6.87. The van der Waals surface area contributed by atoms with Gasteiger partial charge >= 0.3 is 0 Å². The van der Waals surface area contributed by atoms with E-state index in [1.54, 1.807) is 0 Å². The van der Waals surface area contributed by atoms with E-state index in [0.29, 0.717) is 11.8 Å². The number of hydrogen-bond donors (Lipinski definition) is 1. The summed E-state index contributed by atoms with van der Waals surface area (Å²) in [5.74, 6) is 1.40. The number of thioether (sulfide) groups is 1. The van der Waals surface area contributed by atoms with Crippen molar-refractivity contribution in [1.82, 2.24) is 14.8 Å². The van der Waals surface area contributed by atoms with Crippen molar-refractivity contribution in [2.75, 3.05) is 11.9 Å². The molecule has 1 atom stereocenters. The summed E-state index contributed by atoms with van der Waals surface area (Å²) in [6, 6.07) is 27.2. The van der Waals surface area contributed by atoms with Gasteiger partial charge in [0.15, 0.2) is 11.0 Å². The van der Waals surface area contributed by atoms with Gasteiger partial charge in [-0.15, -0.1) is 10.2 Å². The standard InChI is InChI=1S/C25H24N4O2S/c1-3-31-22-16-14-20(15-17-22)26-24(30)18(2)32-25-28-27-23(19-10-6-4-7-11-19)29(25)21-12-8-5-9-13-21/h4-18H,3H2,1-2H3,(H,26,30). The molecule has 0 aliphatic heterocycles. The van der Waals surface area contributed by atoms with E-state index in [0.717, 1.165) is 28.5 Å². The Morgan fingerprint density at radius 3 is 2.28 bits per heavy atom. The third kappa shape index (κ3) is 5.00. The summed E-state index contributed by atoms with van der Waals surface area (Å²) in [6.45, 7) is 4.40. The van der Waals surface area contributed by atoms with Crippen molar-refractivity contribution in [1.29, 1.82) is 0 Å². The number of carbonyl (C=O) groups excluding carboxylic acids is 1. The Morgan fingerprint density at radius 1 is 0.969 bits per heavy atom. The van der Waals surface area contributed by atoms with Crippen LogP contribution in [0.25, 0.3) is 17.1 Å². The fourth-order valence-electron chi connectivity index (χ4n) is 3.19. The third-order valence-electron chi connectivity index (χ3n) is 4.76. The highest BCUT2D eigenvalue weighted by Gasteiger charge is 2.22. The predicted molar refractivity (Wildman–Crippen MR) is 128 cm³/mol. The molecule has 7 heteroatoms. The molecule has 1 amide bonds. The van der Waals surface area contributed by atoms with Crippen LogP contribution in [0.1, 0.15) is 13.8 Å². The molecule has 0 spiro atoms. The van der Waals surface area contributed by atoms with Crippen molar-refractivity contribution >= 4 is 23.4 Å². The first-order chi connectivity index (χ1) is 15.7. The third-order valence-corrected chi connectivity index (χ3v) is 5.81. The summed E-state index contributed by atoms with van der Waals surface area (Å²) in [4.78, 5) is 12.8. The lowest BCUT2D eigenvalue weighted by molar-refractivity contribution is -0.115. The zero-order valence-electron chi connectivity index (χ0n) is 17.9. The molecule has 1 unspecified atom stereocenters. The lowest BCUT2D eigenvalue weighted by Crippen LogP contribution is -2.22. The number of benzene rings is 3. The van der Waals surface area contributed by atoms with E-state index in [1.165, 1.54) is 11.8 Å². The van der Waals surface area contributed by atoms with E-state index < -0.39 is 0 Å². The van der Waals surface area contributed by atoms with Crippen molar-refractivity contribution < 1.29 is 9.53 Å². The van der Waals surface area contributed by atoms with Gasteiger partial charge in [-0.3, -0.25) is 9.36 Å². The molecule has 0 aliphatic rings. The maximum absolute atomic E-state index is 12.8. The highest BCUT2D eigenvalue weighted by atomic mass is 32.2. The molecule has 4 aromatic rings. The normalized spacial score (nSPS) is 11.7. The number of nitrogens with zero attached hydrogens (tertiary/aromatic N) is 3. The molecule has 4 rings (SSSR count). The van der Waals surface area contributed by atoms with E-state index in [-0.39, 0.29) is 11.2 Å². The first-order valence-corrected chi connectivity index (χ1v) is 11.3. The van der Waals surface area contributed by atoms with Crippen LogP contribution in [0.15, 0.2) is 90.1 Å². The van der Waals surface area contributed by atoms with Crippen LogP contribution in [0, 0.1) is 0 Å². The van der Waals surface area contributed by atoms with E-state index in [2.05, 4.69) is 15.5 Å². The smallest absolute Gasteiger partial charge is 0.237 e. The molecule has 0 saturated carbocycles. The van der Waals surface area contributed by atoms with Crippen LogP contribution >= 0.6 is 11.8 Å². The zero-order valence-corrected chi connectivity index (χ0v) is 18.8. The second-order valence-corrected chi connectivity index (χ2v) is 8.36. The molecule has 0 aliphatic carbocycles. The minimum atomic E-state index is -0.378. The van der Waals surface area contributed by atoms with Gasteiger partial charge in [0, 0.05) is 16.9 Å². The van der Waals surface area contributed by atoms with Crippen molar-refractivity contribution in [3.63, 3.8) is 0 Å². The first kappa shape index (κ1) is 21.6. The Labute approximate surface area is 191 Å². The molecule has 32 heavy (non-hydrogen) atoms. The van der Waals surface area contributed by atoms with Crippen molar-refractivity contribution in [2.45, 2.75) is 24.3 Å². The topological polar surface area (TPSA) is 69.0 Å². The van der Waals surface area contributed by atoms with Gasteiger partial charge in [0.1, 0.15) is 5.75 Å². The van der Waals surface area contributed by atoms with Crippen LogP contribution in [0.2, 0.25) is 0 Å². The maximum Gasteiger partial charge on any atom is 0.237 e. The van der Waals surface area contributed by atoms with Crippen LogP contribution in [0.5, 0.6) is 5.75 Å². The van der Waals surface area contributed by atoms with Gasteiger partial charge < -0.3 is 10.1 Å². The average molecular weight is 445 g/mol. The van der Waals surface area contributed by atoms with Gasteiger partial charge in [-0.25, -0.2) is 0 Å². The van der Waals surface area contributed by atoms with Gasteiger partial charge in [0.25, 0.3) is 0 Å². The minimum absolute atomic E-state index is 0.108. The van der Waals surface area contributed by atoms with E-state index >= 15 is 0 Å². The number of para-hydroxylation sites is 1. The van der Waals surface area contributed by atoms with Gasteiger partial charge in [-0.1, -0.05) is 60.3 Å². The number of carbonyl (C=O) groups is 1. The lowest BCUT2D eigenvalue weighted by atomic mass is 10.2. The van der Waals surface area contributed by atoms with Crippen LogP contribution in [-0.2, 0) is 4.79 Å². The molecule has 0 bridgehead atoms. The summed E-state index contributed by atoms with van der Waals surface area (Å²) in [7, 11) is 0. The molecule has 3 aromatic carbocycles. The lowest BCUT2D eigenvalue weighted by Gasteiger charge is -2.14. The van der Waals surface area contributed by atoms with E-state index in [4.69, 9.17) is 4.74 Å². The number of aromatic nitrogens is 3. The molecule has 162 valence electrons. The second-order valence-electron chi connectivity index (χ2n) is 7.05. The molecule has 0 radical (unpaired) electrons. The average Bonchev–Trinajstić information content (AvgIpc) is 3.25. The van der Waals surface area contributed by atoms with E-state index in [9.17, 15) is 4.79 Å². The van der Waals surface area contributed by atoms with Crippen molar-refractivity contribution in [2.24, 2.45) is 0 Å². The molecular formula is C25H24N4O2S. The molecule has 1 heterocycles. The molecule has 1 N–H and O–H groups in total. The largest absolute Gasteiger partial charge is 0.494 e. The molecule has 0 saturated heterocycles. The number of nitrogens with one attached hydrogen (secondary N) is 1. The highest BCUT2D eigenvalue weighted by molar-refractivity contribution is 8.00. The Bertz CT molecular complexity index is 1160. The van der Waals surface area contributed by atoms with Crippen molar-refractivity contribution in [3.05, 3.63) is 84.9 Å². The summed E-state index contributed by atoms with van der Waals surface area (Å²) < 4.78 is 7.44. The highest BCUT2D eigenvalue weighted by Crippen LogP contribution is 2.30. The van der Waals surface area contributed by atoms with Gasteiger partial charge in [-0.2, -0.15) is 0 Å². The molecule has 0 fully saturated rings. The van der Waals surface area contributed by atoms with Gasteiger partial charge in [0.2, 0.25) is 5.91 Å². The Balaban J connectivity index is 1.55. The summed E-state index contributed by atoms with van der Waals surface area (Å²) in [5, 5.41) is 12.1. The quantitative estimate of drug-likeness (QED) is 0.366. The SMILES string of the molecule is CCOc1ccc(NC(=O)C(C)Sc2nnc(-c3ccccc3)n2-c2ccccc2)cc1. The summed E-state index contributed by atoms with van der Waals surface area (Å²) >= 11 is 1.37. The predicted octanol–water partition coefficient (Wildman–Crippen LogP) is 5.45. The Hall–Kier alpha value is -3.58. The fraction of sp³-hybridized carbons (Fsp3) is 0.160. The van der Waals surface area contributed by atoms with E-state index in [1.807, 2.05) is 103 Å². The number of amides is 1. The number of hydrogen-bond acceptors (Lipinski definition) is 5.